The molecule has 2 heteroatoms. The van der Waals surface area contributed by atoms with Gasteiger partial charge in [-0.2, -0.15) is 0 Å². The maximum absolute atomic E-state index is 11.1. The number of carboxylic acid groups (broad SMARTS) is 1. The quantitative estimate of drug-likeness (QED) is 0.371. The van der Waals surface area contributed by atoms with Crippen LogP contribution in [0.1, 0.15) is 64.2 Å². The van der Waals surface area contributed by atoms with Crippen molar-refractivity contribution in [2.24, 2.45) is 5.92 Å². The van der Waals surface area contributed by atoms with Gasteiger partial charge >= 0.3 is 5.97 Å². The number of aliphatic carboxylic acids is 1. The number of hydrogen-bond acceptors (Lipinski definition) is 1. The average molecular weight is 252 g/mol. The largest absolute Gasteiger partial charge is 0.481 e. The van der Waals surface area contributed by atoms with E-state index < -0.39 is 5.97 Å². The van der Waals surface area contributed by atoms with Gasteiger partial charge in [0.1, 0.15) is 0 Å². The zero-order valence-corrected chi connectivity index (χ0v) is 11.6. The van der Waals surface area contributed by atoms with E-state index in [2.05, 4.69) is 13.2 Å². The molecule has 0 aliphatic carbocycles. The molecule has 0 saturated heterocycles. The Labute approximate surface area is 112 Å². The van der Waals surface area contributed by atoms with Crippen LogP contribution in [-0.4, -0.2) is 11.1 Å². The van der Waals surface area contributed by atoms with E-state index in [1.165, 1.54) is 0 Å². The Morgan fingerprint density at radius 3 is 1.67 bits per heavy atom. The molecule has 104 valence electrons. The van der Waals surface area contributed by atoms with Gasteiger partial charge in [-0.25, -0.2) is 0 Å². The monoisotopic (exact) mass is 252 g/mol. The second-order valence-corrected chi connectivity index (χ2v) is 4.89. The number of carbonyl (C=O) groups is 1. The highest BCUT2D eigenvalue weighted by molar-refractivity contribution is 5.69. The van der Waals surface area contributed by atoms with Crippen LogP contribution in [0.25, 0.3) is 0 Å². The Hall–Kier alpha value is -1.05. The third kappa shape index (κ3) is 10.1. The highest BCUT2D eigenvalue weighted by atomic mass is 16.4. The lowest BCUT2D eigenvalue weighted by Gasteiger charge is -2.11. The summed E-state index contributed by atoms with van der Waals surface area (Å²) in [5, 5.41) is 9.15. The predicted molar refractivity (Wildman–Crippen MR) is 77.7 cm³/mol. The molecule has 0 amide bonds. The topological polar surface area (TPSA) is 37.3 Å². The summed E-state index contributed by atoms with van der Waals surface area (Å²) >= 11 is 0. The van der Waals surface area contributed by atoms with Gasteiger partial charge in [-0.15, -0.1) is 13.2 Å². The fourth-order valence-electron chi connectivity index (χ4n) is 2.10. The number of allylic oxidation sites excluding steroid dienone is 2. The van der Waals surface area contributed by atoms with Gasteiger partial charge in [0.15, 0.2) is 0 Å². The van der Waals surface area contributed by atoms with Gasteiger partial charge in [-0.1, -0.05) is 37.8 Å². The standard InChI is InChI=1S/C16H28O2/c1-3-5-7-9-11-13-15(16(17)18)14-12-10-8-6-4-2/h3-4,15H,1-2,5-14H2,(H,17,18). The molecule has 0 aromatic heterocycles. The molecule has 0 radical (unpaired) electrons. The summed E-state index contributed by atoms with van der Waals surface area (Å²) in [7, 11) is 0. The molecular formula is C16H28O2. The third-order valence-electron chi connectivity index (χ3n) is 3.27. The van der Waals surface area contributed by atoms with Crippen LogP contribution < -0.4 is 0 Å². The first kappa shape index (κ1) is 16.9. The van der Waals surface area contributed by atoms with E-state index in [9.17, 15) is 4.79 Å². The van der Waals surface area contributed by atoms with Crippen molar-refractivity contribution >= 4 is 5.97 Å². The SMILES string of the molecule is C=CCCCCCC(CCCCCC=C)C(=O)O. The van der Waals surface area contributed by atoms with Crippen LogP contribution in [0.5, 0.6) is 0 Å². The second-order valence-electron chi connectivity index (χ2n) is 4.89. The zero-order chi connectivity index (χ0) is 13.6. The van der Waals surface area contributed by atoms with Crippen molar-refractivity contribution in [1.29, 1.82) is 0 Å². The average Bonchev–Trinajstić information content (AvgIpc) is 2.35. The van der Waals surface area contributed by atoms with Crippen molar-refractivity contribution in [3.63, 3.8) is 0 Å². The van der Waals surface area contributed by atoms with E-state index in [0.717, 1.165) is 64.2 Å². The lowest BCUT2D eigenvalue weighted by molar-refractivity contribution is -0.142. The molecule has 0 spiro atoms. The van der Waals surface area contributed by atoms with Crippen LogP contribution in [0.4, 0.5) is 0 Å². The molecule has 0 aliphatic heterocycles. The van der Waals surface area contributed by atoms with Gasteiger partial charge in [0.2, 0.25) is 0 Å². The Kier molecular flexibility index (Phi) is 11.7. The molecule has 0 heterocycles. The van der Waals surface area contributed by atoms with Crippen molar-refractivity contribution in [3.8, 4) is 0 Å². The van der Waals surface area contributed by atoms with E-state index >= 15 is 0 Å². The molecule has 1 N–H and O–H groups in total. The molecule has 0 saturated carbocycles. The summed E-state index contributed by atoms with van der Waals surface area (Å²) < 4.78 is 0. The van der Waals surface area contributed by atoms with Crippen molar-refractivity contribution in [2.45, 2.75) is 64.2 Å². The van der Waals surface area contributed by atoms with Crippen LogP contribution in [-0.2, 0) is 4.79 Å². The molecule has 18 heavy (non-hydrogen) atoms. The summed E-state index contributed by atoms with van der Waals surface area (Å²) in [5.74, 6) is -0.764. The van der Waals surface area contributed by atoms with Gasteiger partial charge in [0, 0.05) is 0 Å². The Morgan fingerprint density at radius 1 is 0.889 bits per heavy atom. The maximum Gasteiger partial charge on any atom is 0.306 e. The minimum Gasteiger partial charge on any atom is -0.481 e. The summed E-state index contributed by atoms with van der Waals surface area (Å²) in [6.45, 7) is 7.37. The molecule has 0 unspecified atom stereocenters. The van der Waals surface area contributed by atoms with E-state index in [0.29, 0.717) is 0 Å². The molecule has 0 atom stereocenters. The molecule has 2 nitrogen and oxygen atoms in total. The molecule has 0 aromatic carbocycles. The fourth-order valence-corrected chi connectivity index (χ4v) is 2.10. The molecular weight excluding hydrogens is 224 g/mol. The van der Waals surface area contributed by atoms with Crippen LogP contribution in [0.3, 0.4) is 0 Å². The highest BCUT2D eigenvalue weighted by Crippen LogP contribution is 2.18. The summed E-state index contributed by atoms with van der Waals surface area (Å²) in [6, 6.07) is 0. The van der Waals surface area contributed by atoms with Crippen molar-refractivity contribution in [2.75, 3.05) is 0 Å². The predicted octanol–water partition coefficient (Wildman–Crippen LogP) is 4.96. The van der Waals surface area contributed by atoms with Crippen LogP contribution in [0.2, 0.25) is 0 Å². The van der Waals surface area contributed by atoms with Crippen LogP contribution in [0, 0.1) is 5.92 Å². The molecule has 0 aliphatic rings. The smallest absolute Gasteiger partial charge is 0.306 e. The van der Waals surface area contributed by atoms with E-state index in [-0.39, 0.29) is 5.92 Å². The summed E-state index contributed by atoms with van der Waals surface area (Å²) in [4.78, 5) is 11.1. The van der Waals surface area contributed by atoms with E-state index in [4.69, 9.17) is 5.11 Å². The van der Waals surface area contributed by atoms with Crippen LogP contribution in [0.15, 0.2) is 25.3 Å². The zero-order valence-electron chi connectivity index (χ0n) is 11.6. The number of unbranched alkanes of at least 4 members (excludes halogenated alkanes) is 6. The van der Waals surface area contributed by atoms with Crippen molar-refractivity contribution in [3.05, 3.63) is 25.3 Å². The highest BCUT2D eigenvalue weighted by Gasteiger charge is 2.15. The van der Waals surface area contributed by atoms with Crippen LogP contribution >= 0.6 is 0 Å². The van der Waals surface area contributed by atoms with Gasteiger partial charge in [0.25, 0.3) is 0 Å². The molecule has 0 rings (SSSR count). The Bertz CT molecular complexity index is 215. The number of rotatable bonds is 13. The molecule has 0 bridgehead atoms. The first-order valence-corrected chi connectivity index (χ1v) is 7.17. The van der Waals surface area contributed by atoms with Gasteiger partial charge in [-0.05, 0) is 38.5 Å². The number of carboxylic acids is 1. The van der Waals surface area contributed by atoms with Crippen molar-refractivity contribution < 1.29 is 9.90 Å². The summed E-state index contributed by atoms with van der Waals surface area (Å²) in [6.07, 6.45) is 14.1. The minimum atomic E-state index is -0.623. The normalized spacial score (nSPS) is 10.5. The lowest BCUT2D eigenvalue weighted by atomic mass is 9.94. The second kappa shape index (κ2) is 12.4. The first-order chi connectivity index (χ1) is 8.72. The Morgan fingerprint density at radius 2 is 1.33 bits per heavy atom. The molecule has 0 fully saturated rings. The van der Waals surface area contributed by atoms with Gasteiger partial charge in [-0.3, -0.25) is 4.79 Å². The lowest BCUT2D eigenvalue weighted by Crippen LogP contribution is -2.13. The summed E-state index contributed by atoms with van der Waals surface area (Å²) in [5.41, 5.74) is 0. The molecule has 0 aromatic rings. The Balaban J connectivity index is 3.62. The minimum absolute atomic E-state index is 0.141. The van der Waals surface area contributed by atoms with E-state index in [1.54, 1.807) is 0 Å². The van der Waals surface area contributed by atoms with E-state index in [1.807, 2.05) is 12.2 Å². The number of hydrogen-bond donors (Lipinski definition) is 1. The maximum atomic E-state index is 11.1. The first-order valence-electron chi connectivity index (χ1n) is 7.17. The third-order valence-corrected chi connectivity index (χ3v) is 3.27. The van der Waals surface area contributed by atoms with Gasteiger partial charge < -0.3 is 5.11 Å². The van der Waals surface area contributed by atoms with Gasteiger partial charge in [0.05, 0.1) is 5.92 Å². The van der Waals surface area contributed by atoms with Crippen molar-refractivity contribution in [1.82, 2.24) is 0 Å². The fraction of sp³-hybridized carbons (Fsp3) is 0.688.